The molecular weight excluding hydrogens is 685 g/mol. The lowest BCUT2D eigenvalue weighted by atomic mass is 9.84. The number of benzene rings is 4. The van der Waals surface area contributed by atoms with Gasteiger partial charge in [-0.25, -0.2) is 34.7 Å². The summed E-state index contributed by atoms with van der Waals surface area (Å²) in [6.07, 6.45) is 0. The Balaban J connectivity index is 1.50. The van der Waals surface area contributed by atoms with E-state index in [2.05, 4.69) is 115 Å². The number of aromatic amines is 2. The summed E-state index contributed by atoms with van der Waals surface area (Å²) in [7, 11) is 0. The van der Waals surface area contributed by atoms with Gasteiger partial charge >= 0.3 is 5.97 Å². The average Bonchev–Trinajstić information content (AvgIpc) is 3.85. The largest absolute Gasteiger partial charge is 0.478 e. The number of aromatic nitrogens is 8. The molecule has 0 unspecified atom stereocenters. The molecule has 274 valence electrons. The van der Waals surface area contributed by atoms with Crippen LogP contribution in [0.5, 0.6) is 0 Å². The second-order valence-corrected chi connectivity index (χ2v) is 17.7. The molecule has 0 saturated carbocycles. The first-order valence-corrected chi connectivity index (χ1v) is 18.6. The maximum Gasteiger partial charge on any atom is 0.335 e. The molecule has 0 radical (unpaired) electrons. The Hall–Kier alpha value is -6.29. The number of fused-ring (bicyclic) bond motifs is 20. The van der Waals surface area contributed by atoms with Crippen molar-refractivity contribution in [1.82, 2.24) is 39.9 Å². The molecule has 2 aliphatic rings. The highest BCUT2D eigenvalue weighted by molar-refractivity contribution is 6.08. The lowest BCUT2D eigenvalue weighted by molar-refractivity contribution is 0.0697. The zero-order chi connectivity index (χ0) is 38.8. The van der Waals surface area contributed by atoms with Gasteiger partial charge in [0.2, 0.25) is 0 Å². The minimum absolute atomic E-state index is 0.102. The van der Waals surface area contributed by atoms with Crippen LogP contribution in [0.1, 0.15) is 89.4 Å². The van der Waals surface area contributed by atoms with Crippen molar-refractivity contribution in [2.75, 3.05) is 0 Å². The zero-order valence-corrected chi connectivity index (χ0v) is 32.5. The minimum atomic E-state index is -1.04. The van der Waals surface area contributed by atoms with Crippen molar-refractivity contribution < 1.29 is 9.90 Å². The van der Waals surface area contributed by atoms with Crippen LogP contribution >= 0.6 is 0 Å². The number of H-pyrrole nitrogens is 2. The van der Waals surface area contributed by atoms with Gasteiger partial charge in [-0.05, 0) is 63.3 Å². The van der Waals surface area contributed by atoms with E-state index in [1.807, 2.05) is 12.1 Å². The Morgan fingerprint density at radius 1 is 0.491 bits per heavy atom. The van der Waals surface area contributed by atoms with Gasteiger partial charge in [-0.1, -0.05) is 105 Å². The third kappa shape index (κ3) is 5.66. The van der Waals surface area contributed by atoms with Crippen LogP contribution in [0.4, 0.5) is 0 Å². The predicted octanol–water partition coefficient (Wildman–Crippen LogP) is 10.5. The number of carbonyl (C=O) groups is 1. The van der Waals surface area contributed by atoms with E-state index in [-0.39, 0.29) is 21.8 Å². The Kier molecular flexibility index (Phi) is 7.27. The number of aromatic carboxylic acids is 1. The number of nitrogens with zero attached hydrogens (tertiary/aromatic N) is 6. The molecule has 4 aromatic carbocycles. The highest BCUT2D eigenvalue weighted by atomic mass is 16.4. The fourth-order valence-corrected chi connectivity index (χ4v) is 7.53. The van der Waals surface area contributed by atoms with Crippen LogP contribution in [-0.4, -0.2) is 50.9 Å². The summed E-state index contributed by atoms with van der Waals surface area (Å²) >= 11 is 0. The minimum Gasteiger partial charge on any atom is -0.478 e. The quantitative estimate of drug-likeness (QED) is 0.151. The average molecular weight is 727 g/mol. The lowest BCUT2D eigenvalue weighted by Crippen LogP contribution is -2.11. The van der Waals surface area contributed by atoms with Crippen molar-refractivity contribution in [3.8, 4) is 45.6 Å². The Labute approximate surface area is 318 Å². The SMILES string of the molecule is CC(C)(C)c1ccc2c(c1)-c1nc-2nc2[nH]c(nc3nc(nc4[nH]c(n1)c1cc(C(C)(C)C)ccc41)-c1ccc(C(=O)O)cc1-3)c1cccc(C(C)(C)C)c21. The maximum atomic E-state index is 12.2. The molecule has 0 saturated heterocycles. The summed E-state index contributed by atoms with van der Waals surface area (Å²) < 4.78 is 0. The summed E-state index contributed by atoms with van der Waals surface area (Å²) in [5.74, 6) is 0.829. The van der Waals surface area contributed by atoms with E-state index in [9.17, 15) is 9.90 Å². The van der Waals surface area contributed by atoms with Crippen molar-refractivity contribution in [2.24, 2.45) is 0 Å². The second kappa shape index (κ2) is 11.6. The van der Waals surface area contributed by atoms with E-state index >= 15 is 0 Å². The van der Waals surface area contributed by atoms with Crippen molar-refractivity contribution >= 4 is 50.1 Å². The Morgan fingerprint density at radius 3 is 1.62 bits per heavy atom. The van der Waals surface area contributed by atoms with Gasteiger partial charge in [0.15, 0.2) is 23.3 Å². The molecule has 3 N–H and O–H groups in total. The molecule has 3 aromatic heterocycles. The fraction of sp³-hybridized carbons (Fsp3) is 0.267. The van der Waals surface area contributed by atoms with Gasteiger partial charge in [-0.15, -0.1) is 0 Å². The van der Waals surface area contributed by atoms with Crippen LogP contribution in [0.15, 0.2) is 72.8 Å². The van der Waals surface area contributed by atoms with E-state index in [4.69, 9.17) is 29.9 Å². The van der Waals surface area contributed by atoms with E-state index in [1.54, 1.807) is 18.2 Å². The van der Waals surface area contributed by atoms with Gasteiger partial charge in [0.05, 0.1) is 5.56 Å². The summed E-state index contributed by atoms with van der Waals surface area (Å²) in [6.45, 7) is 19.7. The molecule has 8 bridgehead atoms. The summed E-state index contributed by atoms with van der Waals surface area (Å²) in [5.41, 5.74) is 8.53. The molecule has 0 aliphatic carbocycles. The van der Waals surface area contributed by atoms with Crippen LogP contribution in [0, 0.1) is 0 Å². The molecule has 0 atom stereocenters. The molecule has 9 rings (SSSR count). The predicted molar refractivity (Wildman–Crippen MR) is 219 cm³/mol. The molecule has 0 spiro atoms. The molecule has 10 nitrogen and oxygen atoms in total. The third-order valence-corrected chi connectivity index (χ3v) is 10.6. The van der Waals surface area contributed by atoms with E-state index in [0.717, 1.165) is 43.8 Å². The Morgan fingerprint density at radius 2 is 1.00 bits per heavy atom. The monoisotopic (exact) mass is 726 g/mol. The highest BCUT2D eigenvalue weighted by Crippen LogP contribution is 2.41. The van der Waals surface area contributed by atoms with Gasteiger partial charge in [0.1, 0.15) is 22.6 Å². The standard InChI is InChI=1S/C45H42N8O2/c1-43(2,3)23-14-17-26-30(20-23)39-48-35(26)46-34-25-16-13-22(42(54)55)19-29(25)38(47-34)50-37-28-11-10-12-32(45(7,8)9)33(28)41(53-37)52-36-27-18-15-24(44(4,5)6)21-31(27)40(49-36)51-39/h10-21H,1-9H3,(H,54,55)(H2,46,47,48,49,50,51,52,53). The summed E-state index contributed by atoms with van der Waals surface area (Å²) in [5, 5.41) is 13.5. The topological polar surface area (TPSA) is 146 Å². The summed E-state index contributed by atoms with van der Waals surface area (Å²) in [4.78, 5) is 50.2. The van der Waals surface area contributed by atoms with Crippen molar-refractivity contribution in [1.29, 1.82) is 0 Å². The van der Waals surface area contributed by atoms with Crippen LogP contribution in [-0.2, 0) is 16.2 Å². The molecular formula is C45H42N8O2. The lowest BCUT2D eigenvalue weighted by Gasteiger charge is -2.20. The normalized spacial score (nSPS) is 13.0. The third-order valence-electron chi connectivity index (χ3n) is 10.6. The maximum absolute atomic E-state index is 12.2. The molecule has 0 fully saturated rings. The van der Waals surface area contributed by atoms with Crippen molar-refractivity contribution in [3.63, 3.8) is 0 Å². The van der Waals surface area contributed by atoms with Crippen molar-refractivity contribution in [2.45, 2.75) is 78.6 Å². The van der Waals surface area contributed by atoms with Gasteiger partial charge in [0.25, 0.3) is 0 Å². The fourth-order valence-electron chi connectivity index (χ4n) is 7.53. The van der Waals surface area contributed by atoms with Gasteiger partial charge in [0, 0.05) is 43.8 Å². The summed E-state index contributed by atoms with van der Waals surface area (Å²) in [6, 6.07) is 23.9. The molecule has 2 aliphatic heterocycles. The number of hydrogen-bond donors (Lipinski definition) is 3. The van der Waals surface area contributed by atoms with Gasteiger partial charge in [-0.3, -0.25) is 0 Å². The number of carboxylic acids is 1. The molecule has 7 aromatic rings. The zero-order valence-electron chi connectivity index (χ0n) is 32.5. The number of nitrogens with one attached hydrogen (secondary N) is 2. The second-order valence-electron chi connectivity index (χ2n) is 17.7. The van der Waals surface area contributed by atoms with Crippen LogP contribution in [0.2, 0.25) is 0 Å². The van der Waals surface area contributed by atoms with Crippen molar-refractivity contribution in [3.05, 3.63) is 95.1 Å². The van der Waals surface area contributed by atoms with E-state index in [1.165, 1.54) is 5.56 Å². The Bertz CT molecular complexity index is 2970. The number of hydrogen-bond acceptors (Lipinski definition) is 7. The molecule has 5 heterocycles. The number of rotatable bonds is 1. The van der Waals surface area contributed by atoms with Gasteiger partial charge < -0.3 is 15.1 Å². The van der Waals surface area contributed by atoms with Crippen LogP contribution in [0.25, 0.3) is 89.7 Å². The molecule has 55 heavy (non-hydrogen) atoms. The van der Waals surface area contributed by atoms with E-state index < -0.39 is 5.97 Å². The van der Waals surface area contributed by atoms with Crippen LogP contribution < -0.4 is 0 Å². The highest BCUT2D eigenvalue weighted by Gasteiger charge is 2.27. The van der Waals surface area contributed by atoms with Crippen LogP contribution in [0.3, 0.4) is 0 Å². The number of carboxylic acid groups (broad SMARTS) is 1. The first-order chi connectivity index (χ1) is 25.9. The molecule has 0 amide bonds. The van der Waals surface area contributed by atoms with Gasteiger partial charge in [-0.2, -0.15) is 0 Å². The first-order valence-electron chi connectivity index (χ1n) is 18.6. The smallest absolute Gasteiger partial charge is 0.335 e. The molecule has 10 heteroatoms. The first kappa shape index (κ1) is 34.5. The van der Waals surface area contributed by atoms with E-state index in [0.29, 0.717) is 57.0 Å².